The molecule has 156 valence electrons. The lowest BCUT2D eigenvalue weighted by atomic mass is 10.1. The first-order chi connectivity index (χ1) is 15.0. The summed E-state index contributed by atoms with van der Waals surface area (Å²) in [6, 6.07) is 20.3. The predicted octanol–water partition coefficient (Wildman–Crippen LogP) is 6.03. The number of hydrogen-bond acceptors (Lipinski definition) is 5. The highest BCUT2D eigenvalue weighted by Gasteiger charge is 2.24. The minimum Gasteiger partial charge on any atom is -0.493 e. The van der Waals surface area contributed by atoms with Crippen LogP contribution in [0.4, 0.5) is 0 Å². The lowest BCUT2D eigenvalue weighted by molar-refractivity contribution is -0.129. The Bertz CT molecular complexity index is 1190. The summed E-state index contributed by atoms with van der Waals surface area (Å²) in [7, 11) is 1.56. The lowest BCUT2D eigenvalue weighted by Crippen LogP contribution is -2.05. The second-order valence-electron chi connectivity index (χ2n) is 6.65. The van der Waals surface area contributed by atoms with Crippen LogP contribution >= 0.6 is 27.5 Å². The number of esters is 1. The smallest absolute Gasteiger partial charge is 0.363 e. The largest absolute Gasteiger partial charge is 0.493 e. The van der Waals surface area contributed by atoms with Crippen LogP contribution in [0.3, 0.4) is 0 Å². The van der Waals surface area contributed by atoms with Crippen LogP contribution in [0.1, 0.15) is 16.7 Å². The SMILES string of the molecule is COc1cc(/C=C2\N=C(c3ccccc3)OC2=O)cc(Br)c1OCc1cccc(Cl)c1. The van der Waals surface area contributed by atoms with E-state index in [0.29, 0.717) is 33.2 Å². The first-order valence-electron chi connectivity index (χ1n) is 9.36. The molecular weight excluding hydrogens is 482 g/mol. The van der Waals surface area contributed by atoms with E-state index in [4.69, 9.17) is 25.8 Å². The zero-order valence-electron chi connectivity index (χ0n) is 16.5. The number of carbonyl (C=O) groups is 1. The van der Waals surface area contributed by atoms with Gasteiger partial charge in [0.25, 0.3) is 0 Å². The molecule has 1 aliphatic heterocycles. The van der Waals surface area contributed by atoms with Crippen LogP contribution < -0.4 is 9.47 Å². The third-order valence-corrected chi connectivity index (χ3v) is 5.29. The Balaban J connectivity index is 1.59. The predicted molar refractivity (Wildman–Crippen MR) is 124 cm³/mol. The number of aliphatic imine (C=N–C) groups is 1. The maximum atomic E-state index is 12.3. The van der Waals surface area contributed by atoms with Crippen molar-refractivity contribution in [3.63, 3.8) is 0 Å². The molecule has 31 heavy (non-hydrogen) atoms. The summed E-state index contributed by atoms with van der Waals surface area (Å²) in [6.07, 6.45) is 1.65. The topological polar surface area (TPSA) is 57.1 Å². The van der Waals surface area contributed by atoms with Crippen LogP contribution in [-0.4, -0.2) is 19.0 Å². The Labute approximate surface area is 193 Å². The van der Waals surface area contributed by atoms with Crippen molar-refractivity contribution in [3.8, 4) is 11.5 Å². The van der Waals surface area contributed by atoms with Crippen LogP contribution in [0.2, 0.25) is 5.02 Å². The van der Waals surface area contributed by atoms with Gasteiger partial charge in [0, 0.05) is 10.6 Å². The summed E-state index contributed by atoms with van der Waals surface area (Å²) < 4.78 is 17.4. The van der Waals surface area contributed by atoms with Crippen LogP contribution in [0, 0.1) is 0 Å². The number of benzene rings is 3. The van der Waals surface area contributed by atoms with Crippen LogP contribution in [0.5, 0.6) is 11.5 Å². The number of halogens is 2. The van der Waals surface area contributed by atoms with Gasteiger partial charge in [0.1, 0.15) is 6.61 Å². The van der Waals surface area contributed by atoms with E-state index >= 15 is 0 Å². The molecule has 0 spiro atoms. The van der Waals surface area contributed by atoms with Gasteiger partial charge in [-0.3, -0.25) is 0 Å². The van der Waals surface area contributed by atoms with Crippen LogP contribution in [0.25, 0.3) is 6.08 Å². The van der Waals surface area contributed by atoms with E-state index in [1.807, 2.05) is 60.7 Å². The van der Waals surface area contributed by atoms with E-state index in [9.17, 15) is 4.79 Å². The Morgan fingerprint density at radius 2 is 1.90 bits per heavy atom. The lowest BCUT2D eigenvalue weighted by Gasteiger charge is -2.14. The van der Waals surface area contributed by atoms with Crippen molar-refractivity contribution < 1.29 is 19.0 Å². The van der Waals surface area contributed by atoms with E-state index in [1.54, 1.807) is 19.3 Å². The molecule has 3 aromatic rings. The highest BCUT2D eigenvalue weighted by atomic mass is 79.9. The molecule has 0 unspecified atom stereocenters. The average molecular weight is 499 g/mol. The minimum absolute atomic E-state index is 0.209. The van der Waals surface area contributed by atoms with Gasteiger partial charge in [0.15, 0.2) is 17.2 Å². The standard InChI is InChI=1S/C24H17BrClNO4/c1-29-21-13-16(11-19(25)22(21)30-14-15-6-5-9-18(26)10-15)12-20-24(28)31-23(27-20)17-7-3-2-4-8-17/h2-13H,14H2,1H3/b20-12-. The Hall–Kier alpha value is -3.09. The Morgan fingerprint density at radius 3 is 2.65 bits per heavy atom. The maximum absolute atomic E-state index is 12.3. The number of ether oxygens (including phenoxy) is 3. The monoisotopic (exact) mass is 497 g/mol. The van der Waals surface area contributed by atoms with Crippen molar-refractivity contribution in [1.29, 1.82) is 0 Å². The molecule has 0 radical (unpaired) electrons. The fraction of sp³-hybridized carbons (Fsp3) is 0.0833. The maximum Gasteiger partial charge on any atom is 0.363 e. The summed E-state index contributed by atoms with van der Waals surface area (Å²) in [5.41, 5.74) is 2.59. The minimum atomic E-state index is -0.504. The van der Waals surface area contributed by atoms with Crippen molar-refractivity contribution in [3.05, 3.63) is 98.6 Å². The Morgan fingerprint density at radius 1 is 1.10 bits per heavy atom. The highest BCUT2D eigenvalue weighted by molar-refractivity contribution is 9.10. The molecule has 0 aromatic heterocycles. The highest BCUT2D eigenvalue weighted by Crippen LogP contribution is 2.38. The first kappa shape index (κ1) is 21.2. The van der Waals surface area contributed by atoms with Crippen LogP contribution in [-0.2, 0) is 16.1 Å². The van der Waals surface area contributed by atoms with Gasteiger partial charge in [-0.25, -0.2) is 9.79 Å². The van der Waals surface area contributed by atoms with Crippen molar-refractivity contribution in [1.82, 2.24) is 0 Å². The second-order valence-corrected chi connectivity index (χ2v) is 7.95. The Kier molecular flexibility index (Phi) is 6.39. The van der Waals surface area contributed by atoms with E-state index in [-0.39, 0.29) is 11.6 Å². The first-order valence-corrected chi connectivity index (χ1v) is 10.5. The van der Waals surface area contributed by atoms with Gasteiger partial charge in [-0.2, -0.15) is 0 Å². The number of nitrogens with zero attached hydrogens (tertiary/aromatic N) is 1. The van der Waals surface area contributed by atoms with E-state index in [0.717, 1.165) is 11.1 Å². The zero-order valence-corrected chi connectivity index (χ0v) is 18.8. The van der Waals surface area contributed by atoms with Gasteiger partial charge >= 0.3 is 5.97 Å². The van der Waals surface area contributed by atoms with E-state index < -0.39 is 5.97 Å². The second kappa shape index (κ2) is 9.37. The molecule has 1 heterocycles. The van der Waals surface area contributed by atoms with Gasteiger partial charge in [-0.05, 0) is 69.5 Å². The van der Waals surface area contributed by atoms with Crippen LogP contribution in [0.15, 0.2) is 81.9 Å². The molecule has 1 aliphatic rings. The third kappa shape index (κ3) is 4.98. The van der Waals surface area contributed by atoms with E-state index in [1.165, 1.54) is 0 Å². The van der Waals surface area contributed by atoms with Gasteiger partial charge < -0.3 is 14.2 Å². The normalized spacial score (nSPS) is 14.4. The number of cyclic esters (lactones) is 1. The fourth-order valence-corrected chi connectivity index (χ4v) is 3.80. The van der Waals surface area contributed by atoms with Gasteiger partial charge in [0.2, 0.25) is 5.90 Å². The molecule has 5 nitrogen and oxygen atoms in total. The van der Waals surface area contributed by atoms with Crippen molar-refractivity contribution >= 4 is 45.5 Å². The molecule has 4 rings (SSSR count). The molecular formula is C24H17BrClNO4. The molecule has 0 saturated heterocycles. The third-order valence-electron chi connectivity index (χ3n) is 4.47. The summed E-state index contributed by atoms with van der Waals surface area (Å²) in [6.45, 7) is 0.326. The van der Waals surface area contributed by atoms with Gasteiger partial charge in [-0.15, -0.1) is 0 Å². The quantitative estimate of drug-likeness (QED) is 0.307. The van der Waals surface area contributed by atoms with Crippen molar-refractivity contribution in [2.75, 3.05) is 7.11 Å². The number of carbonyl (C=O) groups excluding carboxylic acids is 1. The molecule has 0 fully saturated rings. The van der Waals surface area contributed by atoms with Gasteiger partial charge in [0.05, 0.1) is 11.6 Å². The fourth-order valence-electron chi connectivity index (χ4n) is 3.02. The number of hydrogen-bond donors (Lipinski definition) is 0. The molecule has 0 aliphatic carbocycles. The zero-order chi connectivity index (χ0) is 21.8. The number of methoxy groups -OCH3 is 1. The molecule has 3 aromatic carbocycles. The van der Waals surface area contributed by atoms with E-state index in [2.05, 4.69) is 20.9 Å². The molecule has 7 heteroatoms. The number of rotatable bonds is 6. The molecule has 0 amide bonds. The molecule has 0 saturated carbocycles. The molecule has 0 N–H and O–H groups in total. The average Bonchev–Trinajstić information content (AvgIpc) is 3.13. The molecule has 0 atom stereocenters. The van der Waals surface area contributed by atoms with Crippen molar-refractivity contribution in [2.24, 2.45) is 4.99 Å². The summed E-state index contributed by atoms with van der Waals surface area (Å²) in [5, 5.41) is 0.646. The summed E-state index contributed by atoms with van der Waals surface area (Å²) >= 11 is 9.56. The summed E-state index contributed by atoms with van der Waals surface area (Å²) in [4.78, 5) is 16.6. The summed E-state index contributed by atoms with van der Waals surface area (Å²) in [5.74, 6) is 0.841. The van der Waals surface area contributed by atoms with Gasteiger partial charge in [-0.1, -0.05) is 41.9 Å². The molecule has 0 bridgehead atoms. The van der Waals surface area contributed by atoms with Crippen molar-refractivity contribution in [2.45, 2.75) is 6.61 Å².